The highest BCUT2D eigenvalue weighted by Gasteiger charge is 2.16. The first-order chi connectivity index (χ1) is 12.1. The fourth-order valence-corrected chi connectivity index (χ4v) is 2.01. The summed E-state index contributed by atoms with van der Waals surface area (Å²) < 4.78 is 15.9. The van der Waals surface area contributed by atoms with E-state index in [0.29, 0.717) is 19.8 Å². The summed E-state index contributed by atoms with van der Waals surface area (Å²) in [4.78, 5) is 24.1. The van der Waals surface area contributed by atoms with E-state index in [2.05, 4.69) is 0 Å². The van der Waals surface area contributed by atoms with Crippen molar-refractivity contribution >= 4 is 18.0 Å². The third-order valence-electron chi connectivity index (χ3n) is 3.17. The molecule has 138 valence electrons. The van der Waals surface area contributed by atoms with Crippen LogP contribution < -0.4 is 4.74 Å². The number of hydrogen-bond donors (Lipinski definition) is 0. The van der Waals surface area contributed by atoms with Gasteiger partial charge in [0.25, 0.3) is 0 Å². The standard InChI is InChI=1S/C20H28O5/c1-4-10-23-18-9-7-8-16(14-18)13-17(20(22)25-12-6-3)15-19(21)24-11-5-2/h7-9,13-14H,4-6,10-12,15H2,1-3H3. The van der Waals surface area contributed by atoms with E-state index in [-0.39, 0.29) is 12.0 Å². The molecule has 5 nitrogen and oxygen atoms in total. The predicted octanol–water partition coefficient (Wildman–Crippen LogP) is 4.16. The number of benzene rings is 1. The molecule has 0 aliphatic heterocycles. The van der Waals surface area contributed by atoms with Crippen LogP contribution in [0.2, 0.25) is 0 Å². The van der Waals surface area contributed by atoms with Crippen LogP contribution in [0.5, 0.6) is 5.75 Å². The van der Waals surface area contributed by atoms with Crippen molar-refractivity contribution in [2.45, 2.75) is 46.5 Å². The Kier molecular flexibility index (Phi) is 10.1. The van der Waals surface area contributed by atoms with Gasteiger partial charge in [-0.25, -0.2) is 4.79 Å². The molecule has 0 heterocycles. The van der Waals surface area contributed by atoms with Crippen LogP contribution in [0, 0.1) is 0 Å². The zero-order valence-corrected chi connectivity index (χ0v) is 15.4. The fraction of sp³-hybridized carbons (Fsp3) is 0.500. The first-order valence-corrected chi connectivity index (χ1v) is 8.86. The number of ether oxygens (including phenoxy) is 3. The van der Waals surface area contributed by atoms with Gasteiger partial charge in [0, 0.05) is 5.57 Å². The Bertz CT molecular complexity index is 577. The highest BCUT2D eigenvalue weighted by atomic mass is 16.5. The van der Waals surface area contributed by atoms with E-state index in [1.165, 1.54) is 0 Å². The van der Waals surface area contributed by atoms with Crippen LogP contribution in [0.15, 0.2) is 29.8 Å². The van der Waals surface area contributed by atoms with Crippen LogP contribution in [0.3, 0.4) is 0 Å². The summed E-state index contributed by atoms with van der Waals surface area (Å²) in [6, 6.07) is 7.39. The number of rotatable bonds is 11. The Morgan fingerprint density at radius 2 is 1.64 bits per heavy atom. The molecule has 5 heteroatoms. The second-order valence-corrected chi connectivity index (χ2v) is 5.62. The summed E-state index contributed by atoms with van der Waals surface area (Å²) in [5.74, 6) is -0.194. The van der Waals surface area contributed by atoms with Gasteiger partial charge in [-0.1, -0.05) is 32.9 Å². The molecule has 1 aromatic carbocycles. The maximum absolute atomic E-state index is 12.2. The van der Waals surface area contributed by atoms with Gasteiger partial charge in [-0.3, -0.25) is 4.79 Å². The van der Waals surface area contributed by atoms with Crippen LogP contribution >= 0.6 is 0 Å². The van der Waals surface area contributed by atoms with Crippen molar-refractivity contribution in [3.63, 3.8) is 0 Å². The third kappa shape index (κ3) is 8.38. The first kappa shape index (κ1) is 20.7. The molecule has 0 fully saturated rings. The first-order valence-electron chi connectivity index (χ1n) is 8.86. The van der Waals surface area contributed by atoms with Gasteiger partial charge >= 0.3 is 11.9 Å². The Morgan fingerprint density at radius 1 is 0.960 bits per heavy atom. The monoisotopic (exact) mass is 348 g/mol. The number of hydrogen-bond acceptors (Lipinski definition) is 5. The molecular formula is C20H28O5. The summed E-state index contributed by atoms with van der Waals surface area (Å²) in [6.45, 7) is 7.16. The van der Waals surface area contributed by atoms with Gasteiger partial charge in [0.1, 0.15) is 5.75 Å². The molecule has 1 aromatic rings. The Morgan fingerprint density at radius 3 is 2.32 bits per heavy atom. The lowest BCUT2D eigenvalue weighted by molar-refractivity contribution is -0.146. The third-order valence-corrected chi connectivity index (χ3v) is 3.17. The summed E-state index contributed by atoms with van der Waals surface area (Å²) >= 11 is 0. The smallest absolute Gasteiger partial charge is 0.334 e. The minimum absolute atomic E-state index is 0.109. The predicted molar refractivity (Wildman–Crippen MR) is 97.3 cm³/mol. The van der Waals surface area contributed by atoms with Crippen molar-refractivity contribution in [2.75, 3.05) is 19.8 Å². The summed E-state index contributed by atoms with van der Waals surface area (Å²) in [6.07, 6.45) is 3.92. The number of carbonyl (C=O) groups is 2. The topological polar surface area (TPSA) is 61.8 Å². The van der Waals surface area contributed by atoms with E-state index in [1.807, 2.05) is 45.0 Å². The van der Waals surface area contributed by atoms with Gasteiger partial charge < -0.3 is 14.2 Å². The second-order valence-electron chi connectivity index (χ2n) is 5.62. The van der Waals surface area contributed by atoms with Crippen molar-refractivity contribution in [3.8, 4) is 5.75 Å². The second kappa shape index (κ2) is 12.1. The van der Waals surface area contributed by atoms with Gasteiger partial charge in [-0.2, -0.15) is 0 Å². The molecule has 0 radical (unpaired) electrons. The highest BCUT2D eigenvalue weighted by Crippen LogP contribution is 2.18. The van der Waals surface area contributed by atoms with Crippen molar-refractivity contribution in [1.82, 2.24) is 0 Å². The quantitative estimate of drug-likeness (QED) is 0.444. The van der Waals surface area contributed by atoms with Crippen molar-refractivity contribution in [3.05, 3.63) is 35.4 Å². The van der Waals surface area contributed by atoms with Crippen LogP contribution in [0.25, 0.3) is 6.08 Å². The maximum Gasteiger partial charge on any atom is 0.334 e. The normalized spacial score (nSPS) is 11.1. The molecule has 0 unspecified atom stereocenters. The molecule has 0 spiro atoms. The minimum Gasteiger partial charge on any atom is -0.494 e. The van der Waals surface area contributed by atoms with E-state index in [9.17, 15) is 9.59 Å². The van der Waals surface area contributed by atoms with Gasteiger partial charge in [0.2, 0.25) is 0 Å². The molecule has 1 rings (SSSR count). The van der Waals surface area contributed by atoms with E-state index >= 15 is 0 Å². The van der Waals surface area contributed by atoms with Crippen LogP contribution in [-0.4, -0.2) is 31.8 Å². The molecule has 0 saturated carbocycles. The lowest BCUT2D eigenvalue weighted by Gasteiger charge is -2.09. The van der Waals surface area contributed by atoms with E-state index in [0.717, 1.165) is 30.6 Å². The molecule has 0 N–H and O–H groups in total. The largest absolute Gasteiger partial charge is 0.494 e. The number of carbonyl (C=O) groups excluding carboxylic acids is 2. The average Bonchev–Trinajstić information content (AvgIpc) is 2.62. The fourth-order valence-electron chi connectivity index (χ4n) is 2.01. The van der Waals surface area contributed by atoms with E-state index in [1.54, 1.807) is 6.08 Å². The Hall–Kier alpha value is -2.30. The van der Waals surface area contributed by atoms with Crippen LogP contribution in [0.4, 0.5) is 0 Å². The van der Waals surface area contributed by atoms with E-state index < -0.39 is 11.9 Å². The molecule has 0 aliphatic rings. The maximum atomic E-state index is 12.2. The average molecular weight is 348 g/mol. The van der Waals surface area contributed by atoms with Crippen LogP contribution in [0.1, 0.15) is 52.0 Å². The van der Waals surface area contributed by atoms with Crippen molar-refractivity contribution < 1.29 is 23.8 Å². The summed E-state index contributed by atoms with van der Waals surface area (Å²) in [5, 5.41) is 0. The summed E-state index contributed by atoms with van der Waals surface area (Å²) in [7, 11) is 0. The zero-order chi connectivity index (χ0) is 18.5. The van der Waals surface area contributed by atoms with Crippen molar-refractivity contribution in [1.29, 1.82) is 0 Å². The lowest BCUT2D eigenvalue weighted by atomic mass is 10.1. The molecule has 0 bridgehead atoms. The lowest BCUT2D eigenvalue weighted by Crippen LogP contribution is -2.14. The van der Waals surface area contributed by atoms with Crippen molar-refractivity contribution in [2.24, 2.45) is 0 Å². The number of esters is 2. The zero-order valence-electron chi connectivity index (χ0n) is 15.4. The molecular weight excluding hydrogens is 320 g/mol. The Balaban J connectivity index is 2.94. The van der Waals surface area contributed by atoms with Gasteiger partial charge in [0.15, 0.2) is 0 Å². The molecule has 0 aromatic heterocycles. The molecule has 0 atom stereocenters. The SMILES string of the molecule is CCCOC(=O)CC(=Cc1cccc(OCCC)c1)C(=O)OCCC. The Labute approximate surface area is 150 Å². The van der Waals surface area contributed by atoms with E-state index in [4.69, 9.17) is 14.2 Å². The summed E-state index contributed by atoms with van der Waals surface area (Å²) in [5.41, 5.74) is 1.06. The minimum atomic E-state index is -0.491. The molecule has 0 aliphatic carbocycles. The van der Waals surface area contributed by atoms with Crippen LogP contribution in [-0.2, 0) is 19.1 Å². The van der Waals surface area contributed by atoms with Gasteiger partial charge in [-0.05, 0) is 43.0 Å². The van der Waals surface area contributed by atoms with Gasteiger partial charge in [-0.15, -0.1) is 0 Å². The molecule has 0 saturated heterocycles. The van der Waals surface area contributed by atoms with Gasteiger partial charge in [0.05, 0.1) is 26.2 Å². The molecule has 25 heavy (non-hydrogen) atoms. The molecule has 0 amide bonds. The highest BCUT2D eigenvalue weighted by molar-refractivity contribution is 5.98.